The van der Waals surface area contributed by atoms with Crippen molar-refractivity contribution in [1.82, 2.24) is 10.0 Å². The summed E-state index contributed by atoms with van der Waals surface area (Å²) in [7, 11) is -3.96. The van der Waals surface area contributed by atoms with E-state index in [4.69, 9.17) is 46.4 Å². The molecular formula is C10H10Cl4N2O3S. The lowest BCUT2D eigenvalue weighted by Gasteiger charge is -2.26. The molecule has 2 N–H and O–H groups in total. The number of benzene rings is 1. The summed E-state index contributed by atoms with van der Waals surface area (Å²) in [5, 5.41) is 2.18. The first-order chi connectivity index (χ1) is 9.16. The van der Waals surface area contributed by atoms with E-state index in [1.807, 2.05) is 0 Å². The van der Waals surface area contributed by atoms with E-state index >= 15 is 0 Å². The van der Waals surface area contributed by atoms with Gasteiger partial charge in [-0.05, 0) is 12.1 Å². The number of nitrogens with one attached hydrogen (secondary N) is 2. The Hall–Kier alpha value is -0.240. The molecule has 0 fully saturated rings. The van der Waals surface area contributed by atoms with Crippen LogP contribution in [0.4, 0.5) is 0 Å². The highest BCUT2D eigenvalue weighted by Crippen LogP contribution is 2.30. The van der Waals surface area contributed by atoms with E-state index in [2.05, 4.69) is 10.0 Å². The molecule has 1 amide bonds. The van der Waals surface area contributed by atoms with Gasteiger partial charge in [-0.1, -0.05) is 53.0 Å². The summed E-state index contributed by atoms with van der Waals surface area (Å²) in [4.78, 5) is 11.2. The van der Waals surface area contributed by atoms with Gasteiger partial charge in [0, 0.05) is 0 Å². The zero-order valence-electron chi connectivity index (χ0n) is 9.82. The largest absolute Gasteiger partial charge is 0.335 e. The molecule has 0 saturated heterocycles. The normalized spacial score (nSPS) is 13.8. The molecule has 1 aromatic rings. The first-order valence-electron chi connectivity index (χ1n) is 5.16. The molecule has 1 rings (SSSR count). The van der Waals surface area contributed by atoms with Gasteiger partial charge in [-0.2, -0.15) is 4.72 Å². The number of carbonyl (C=O) groups excluding carboxylic acids is 1. The maximum absolute atomic E-state index is 12.1. The van der Waals surface area contributed by atoms with Crippen molar-refractivity contribution in [2.45, 2.75) is 14.9 Å². The van der Waals surface area contributed by atoms with Gasteiger partial charge in [0.05, 0.1) is 4.90 Å². The van der Waals surface area contributed by atoms with E-state index in [1.165, 1.54) is 24.3 Å². The second kappa shape index (κ2) is 7.15. The molecule has 1 atom stereocenters. The average molecular weight is 380 g/mol. The van der Waals surface area contributed by atoms with Gasteiger partial charge < -0.3 is 5.32 Å². The van der Waals surface area contributed by atoms with Crippen molar-refractivity contribution in [2.75, 3.05) is 5.88 Å². The van der Waals surface area contributed by atoms with Gasteiger partial charge in [-0.25, -0.2) is 8.42 Å². The molecule has 0 radical (unpaired) electrons. The number of alkyl halides is 4. The molecule has 0 bridgehead atoms. The van der Waals surface area contributed by atoms with Crippen LogP contribution in [0.2, 0.25) is 0 Å². The molecule has 0 aliphatic heterocycles. The van der Waals surface area contributed by atoms with Crippen LogP contribution >= 0.6 is 46.4 Å². The van der Waals surface area contributed by atoms with Crippen LogP contribution < -0.4 is 10.0 Å². The Kier molecular flexibility index (Phi) is 6.37. The molecule has 0 spiro atoms. The van der Waals surface area contributed by atoms with Crippen molar-refractivity contribution in [1.29, 1.82) is 0 Å². The Labute approximate surface area is 136 Å². The van der Waals surface area contributed by atoms with Crippen LogP contribution in [0.25, 0.3) is 0 Å². The fraction of sp³-hybridized carbons (Fsp3) is 0.300. The lowest BCUT2D eigenvalue weighted by molar-refractivity contribution is -0.119. The lowest BCUT2D eigenvalue weighted by Crippen LogP contribution is -2.55. The Morgan fingerprint density at radius 1 is 1.20 bits per heavy atom. The van der Waals surface area contributed by atoms with E-state index in [0.717, 1.165) is 0 Å². The van der Waals surface area contributed by atoms with Crippen LogP contribution in [0, 0.1) is 0 Å². The third-order valence-corrected chi connectivity index (χ3v) is 4.42. The van der Waals surface area contributed by atoms with Crippen molar-refractivity contribution in [3.05, 3.63) is 30.3 Å². The zero-order chi connectivity index (χ0) is 15.4. The number of hydrogen-bond acceptors (Lipinski definition) is 3. The average Bonchev–Trinajstić information content (AvgIpc) is 2.37. The van der Waals surface area contributed by atoms with Crippen molar-refractivity contribution < 1.29 is 13.2 Å². The topological polar surface area (TPSA) is 75.3 Å². The van der Waals surface area contributed by atoms with Crippen LogP contribution in [-0.2, 0) is 14.8 Å². The number of sulfonamides is 1. The molecule has 1 aromatic carbocycles. The monoisotopic (exact) mass is 378 g/mol. The Morgan fingerprint density at radius 3 is 2.20 bits per heavy atom. The lowest BCUT2D eigenvalue weighted by atomic mass is 10.4. The molecule has 1 unspecified atom stereocenters. The van der Waals surface area contributed by atoms with Crippen LogP contribution in [0.15, 0.2) is 35.2 Å². The minimum atomic E-state index is -3.96. The summed E-state index contributed by atoms with van der Waals surface area (Å²) in [5.41, 5.74) is 0. The summed E-state index contributed by atoms with van der Waals surface area (Å²) in [6, 6.07) is 7.45. The number of hydrogen-bond donors (Lipinski definition) is 2. The van der Waals surface area contributed by atoms with E-state index in [0.29, 0.717) is 0 Å². The molecule has 5 nitrogen and oxygen atoms in total. The number of carbonyl (C=O) groups is 1. The van der Waals surface area contributed by atoms with Gasteiger partial charge in [0.15, 0.2) is 0 Å². The van der Waals surface area contributed by atoms with Gasteiger partial charge in [-0.15, -0.1) is 11.6 Å². The van der Waals surface area contributed by atoms with Crippen LogP contribution in [0.1, 0.15) is 0 Å². The maximum atomic E-state index is 12.1. The molecule has 0 aliphatic rings. The Morgan fingerprint density at radius 2 is 1.75 bits per heavy atom. The van der Waals surface area contributed by atoms with Crippen molar-refractivity contribution >= 4 is 62.3 Å². The highest BCUT2D eigenvalue weighted by atomic mass is 35.6. The molecule has 0 aliphatic carbocycles. The van der Waals surface area contributed by atoms with Crippen molar-refractivity contribution in [3.8, 4) is 0 Å². The predicted octanol–water partition coefficient (Wildman–Crippen LogP) is 2.02. The summed E-state index contributed by atoms with van der Waals surface area (Å²) < 4.78 is 24.2. The number of rotatable bonds is 5. The number of amides is 1. The minimum Gasteiger partial charge on any atom is -0.335 e. The first kappa shape index (κ1) is 17.8. The molecule has 10 heteroatoms. The van der Waals surface area contributed by atoms with Gasteiger partial charge >= 0.3 is 0 Å². The van der Waals surface area contributed by atoms with E-state index in [9.17, 15) is 13.2 Å². The predicted molar refractivity (Wildman–Crippen MR) is 79.7 cm³/mol. The molecule has 0 aromatic heterocycles. The van der Waals surface area contributed by atoms with Crippen LogP contribution in [0.3, 0.4) is 0 Å². The van der Waals surface area contributed by atoms with Gasteiger partial charge in [0.2, 0.25) is 19.7 Å². The van der Waals surface area contributed by atoms with Crippen molar-refractivity contribution in [3.63, 3.8) is 0 Å². The van der Waals surface area contributed by atoms with E-state index in [-0.39, 0.29) is 4.90 Å². The van der Waals surface area contributed by atoms with Crippen molar-refractivity contribution in [2.24, 2.45) is 0 Å². The van der Waals surface area contributed by atoms with E-state index < -0.39 is 31.8 Å². The van der Waals surface area contributed by atoms with Gasteiger partial charge in [0.25, 0.3) is 0 Å². The third kappa shape index (κ3) is 5.27. The van der Waals surface area contributed by atoms with Gasteiger partial charge in [-0.3, -0.25) is 4.79 Å². The molecule has 112 valence electrons. The Bertz CT molecular complexity index is 560. The highest BCUT2D eigenvalue weighted by molar-refractivity contribution is 7.89. The summed E-state index contributed by atoms with van der Waals surface area (Å²) in [6.45, 7) is 0. The molecule has 20 heavy (non-hydrogen) atoms. The first-order valence-corrected chi connectivity index (χ1v) is 8.31. The van der Waals surface area contributed by atoms with Crippen LogP contribution in [-0.4, -0.2) is 30.2 Å². The third-order valence-electron chi connectivity index (χ3n) is 2.08. The van der Waals surface area contributed by atoms with Crippen LogP contribution in [0.5, 0.6) is 0 Å². The second-order valence-electron chi connectivity index (χ2n) is 3.61. The summed E-state index contributed by atoms with van der Waals surface area (Å²) >= 11 is 22.2. The molecule has 0 heterocycles. The summed E-state index contributed by atoms with van der Waals surface area (Å²) in [5.74, 6) is -1.08. The quantitative estimate of drug-likeness (QED) is 0.607. The smallest absolute Gasteiger partial charge is 0.242 e. The van der Waals surface area contributed by atoms with E-state index in [1.54, 1.807) is 6.07 Å². The zero-order valence-corrected chi connectivity index (χ0v) is 13.7. The highest BCUT2D eigenvalue weighted by Gasteiger charge is 2.37. The molecule has 0 saturated carbocycles. The Balaban J connectivity index is 2.98. The standard InChI is InChI=1S/C10H10Cl4N2O3S/c11-6-8(17)15-9(10(12,13)14)16-20(18,19)7-4-2-1-3-5-7/h1-5,9,16H,6H2,(H,15,17). The number of halogens is 4. The van der Waals surface area contributed by atoms with Gasteiger partial charge in [0.1, 0.15) is 12.0 Å². The summed E-state index contributed by atoms with van der Waals surface area (Å²) in [6.07, 6.45) is -1.45. The maximum Gasteiger partial charge on any atom is 0.242 e. The molecular weight excluding hydrogens is 370 g/mol. The second-order valence-corrected chi connectivity index (χ2v) is 7.96. The SMILES string of the molecule is O=C(CCl)NC(NS(=O)(=O)c1ccccc1)C(Cl)(Cl)Cl. The minimum absolute atomic E-state index is 0.0284. The fourth-order valence-electron chi connectivity index (χ4n) is 1.20. The fourth-order valence-corrected chi connectivity index (χ4v) is 3.00.